The van der Waals surface area contributed by atoms with Crippen LogP contribution >= 0.6 is 0 Å². The highest BCUT2D eigenvalue weighted by molar-refractivity contribution is 5.77. The third-order valence-corrected chi connectivity index (χ3v) is 6.74. The number of nitrogens with one attached hydrogen (secondary N) is 1. The third-order valence-electron chi connectivity index (χ3n) is 6.74. The van der Waals surface area contributed by atoms with Crippen molar-refractivity contribution in [3.05, 3.63) is 36.2 Å². The molecular formula is C26H36N4O4. The molecule has 1 saturated carbocycles. The van der Waals surface area contributed by atoms with Crippen LogP contribution in [-0.4, -0.2) is 53.5 Å². The summed E-state index contributed by atoms with van der Waals surface area (Å²) in [5, 5.41) is 12.9. The van der Waals surface area contributed by atoms with Gasteiger partial charge in [0, 0.05) is 25.8 Å². The zero-order valence-corrected chi connectivity index (χ0v) is 20.2. The van der Waals surface area contributed by atoms with E-state index in [-0.39, 0.29) is 12.3 Å². The Morgan fingerprint density at radius 3 is 2.56 bits per heavy atom. The molecule has 1 atom stereocenters. The van der Waals surface area contributed by atoms with Gasteiger partial charge in [0.15, 0.2) is 0 Å². The molecule has 0 bridgehead atoms. The number of hydrogen-bond acceptors (Lipinski definition) is 7. The molecule has 0 amide bonds. The zero-order chi connectivity index (χ0) is 23.9. The van der Waals surface area contributed by atoms with E-state index in [1.54, 1.807) is 12.4 Å². The average Bonchev–Trinajstić information content (AvgIpc) is 3.69. The number of carboxylic acid groups (broad SMARTS) is 1. The van der Waals surface area contributed by atoms with Crippen LogP contribution in [0.5, 0.6) is 6.01 Å². The van der Waals surface area contributed by atoms with Gasteiger partial charge in [0.05, 0.1) is 42.5 Å². The number of hydrogen-bond donors (Lipinski definition) is 2. The van der Waals surface area contributed by atoms with E-state index in [1.807, 2.05) is 6.92 Å². The number of aliphatic carboxylic acids is 1. The van der Waals surface area contributed by atoms with Gasteiger partial charge < -0.3 is 24.8 Å². The highest BCUT2D eigenvalue weighted by atomic mass is 16.5. The predicted octanol–water partition coefficient (Wildman–Crippen LogP) is 4.98. The number of carboxylic acids is 1. The van der Waals surface area contributed by atoms with Crippen LogP contribution in [-0.2, 0) is 9.53 Å². The lowest BCUT2D eigenvalue weighted by Gasteiger charge is -2.36. The first-order chi connectivity index (χ1) is 16.6. The second kappa shape index (κ2) is 11.5. The molecule has 1 aliphatic heterocycles. The van der Waals surface area contributed by atoms with Crippen molar-refractivity contribution >= 4 is 23.0 Å². The van der Waals surface area contributed by atoms with E-state index in [4.69, 9.17) is 9.47 Å². The van der Waals surface area contributed by atoms with Gasteiger partial charge in [-0.2, -0.15) is 0 Å². The Bertz CT molecular complexity index is 942. The molecule has 0 radical (unpaired) electrons. The fourth-order valence-corrected chi connectivity index (χ4v) is 4.58. The van der Waals surface area contributed by atoms with Crippen molar-refractivity contribution in [3.8, 4) is 6.01 Å². The Balaban J connectivity index is 1.60. The molecule has 1 aliphatic carbocycles. The molecule has 8 heteroatoms. The van der Waals surface area contributed by atoms with Gasteiger partial charge >= 0.3 is 12.0 Å². The van der Waals surface area contributed by atoms with Gasteiger partial charge in [-0.1, -0.05) is 13.0 Å². The molecular weight excluding hydrogens is 432 g/mol. The Morgan fingerprint density at radius 2 is 1.94 bits per heavy atom. The second-order valence-electron chi connectivity index (χ2n) is 9.24. The maximum absolute atomic E-state index is 11.4. The van der Waals surface area contributed by atoms with Crippen molar-refractivity contribution < 1.29 is 19.4 Å². The normalized spacial score (nSPS) is 17.2. The number of nitrogens with zero attached hydrogens (tertiary/aromatic N) is 3. The Labute approximate surface area is 201 Å². The van der Waals surface area contributed by atoms with Gasteiger partial charge in [-0.25, -0.2) is 9.97 Å². The number of benzene rings is 1. The molecule has 1 aromatic carbocycles. The van der Waals surface area contributed by atoms with Crippen LogP contribution < -0.4 is 15.0 Å². The van der Waals surface area contributed by atoms with Gasteiger partial charge in [-0.05, 0) is 68.6 Å². The molecule has 2 fully saturated rings. The van der Waals surface area contributed by atoms with E-state index in [0.717, 1.165) is 61.6 Å². The minimum Gasteiger partial charge on any atom is -0.481 e. The van der Waals surface area contributed by atoms with E-state index in [2.05, 4.69) is 45.3 Å². The number of anilines is 3. The van der Waals surface area contributed by atoms with Crippen LogP contribution in [0.15, 0.2) is 30.6 Å². The quantitative estimate of drug-likeness (QED) is 0.450. The molecule has 1 saturated heterocycles. The lowest BCUT2D eigenvalue weighted by molar-refractivity contribution is -0.137. The topological polar surface area (TPSA) is 96.8 Å². The summed E-state index contributed by atoms with van der Waals surface area (Å²) in [6.07, 6.45) is 8.78. The molecule has 184 valence electrons. The summed E-state index contributed by atoms with van der Waals surface area (Å²) in [5.41, 5.74) is 3.82. The zero-order valence-electron chi connectivity index (χ0n) is 20.2. The summed E-state index contributed by atoms with van der Waals surface area (Å²) in [6, 6.07) is 7.09. The van der Waals surface area contributed by atoms with E-state index in [0.29, 0.717) is 24.6 Å². The van der Waals surface area contributed by atoms with Crippen molar-refractivity contribution in [2.45, 2.75) is 64.3 Å². The number of ether oxygens (including phenoxy) is 2. The lowest BCUT2D eigenvalue weighted by atomic mass is 9.92. The molecule has 2 N–H and O–H groups in total. The fourth-order valence-electron chi connectivity index (χ4n) is 4.58. The number of rotatable bonds is 12. The molecule has 2 heterocycles. The average molecular weight is 469 g/mol. The summed E-state index contributed by atoms with van der Waals surface area (Å²) < 4.78 is 11.3. The van der Waals surface area contributed by atoms with Crippen molar-refractivity contribution in [2.24, 2.45) is 5.92 Å². The summed E-state index contributed by atoms with van der Waals surface area (Å²) in [4.78, 5) is 22.6. The SMILES string of the molecule is CC[C@H](CC(=O)O)c1ccc(N(CC)C2CCOCC2)c(Nc2cnc(OCC3CC3)nc2)c1. The van der Waals surface area contributed by atoms with Crippen LogP contribution in [0.25, 0.3) is 0 Å². The lowest BCUT2D eigenvalue weighted by Crippen LogP contribution is -2.39. The third kappa shape index (κ3) is 6.38. The van der Waals surface area contributed by atoms with Gasteiger partial charge in [0.2, 0.25) is 0 Å². The Kier molecular flexibility index (Phi) is 8.21. The standard InChI is InChI=1S/C26H36N4O4/c1-3-19(14-25(31)32)20-7-8-24(30(4-2)22-9-11-33-12-10-22)23(13-20)29-21-15-27-26(28-16-21)34-17-18-5-6-18/h7-8,13,15-16,18-19,22,29H,3-6,9-12,14,17H2,1-2H3,(H,31,32)/t19-/m1/s1. The number of aromatic nitrogens is 2. The summed E-state index contributed by atoms with van der Waals surface area (Å²) >= 11 is 0. The monoisotopic (exact) mass is 468 g/mol. The minimum atomic E-state index is -0.780. The van der Waals surface area contributed by atoms with Crippen LogP contribution in [0.3, 0.4) is 0 Å². The molecule has 0 unspecified atom stereocenters. The first-order valence-electron chi connectivity index (χ1n) is 12.5. The highest BCUT2D eigenvalue weighted by Gasteiger charge is 2.25. The number of carbonyl (C=O) groups is 1. The van der Waals surface area contributed by atoms with Crippen LogP contribution in [0.4, 0.5) is 17.1 Å². The Hall–Kier alpha value is -2.87. The molecule has 8 nitrogen and oxygen atoms in total. The first kappa shape index (κ1) is 24.3. The van der Waals surface area contributed by atoms with E-state index >= 15 is 0 Å². The van der Waals surface area contributed by atoms with Gasteiger partial charge in [0.1, 0.15) is 0 Å². The summed E-state index contributed by atoms with van der Waals surface area (Å²) in [5.74, 6) is -0.174. The minimum absolute atomic E-state index is 0.0419. The van der Waals surface area contributed by atoms with E-state index < -0.39 is 5.97 Å². The highest BCUT2D eigenvalue weighted by Crippen LogP contribution is 2.36. The van der Waals surface area contributed by atoms with Crippen molar-refractivity contribution in [2.75, 3.05) is 36.6 Å². The molecule has 0 spiro atoms. The summed E-state index contributed by atoms with van der Waals surface area (Å²) in [6.45, 7) is 7.29. The molecule has 4 rings (SSSR count). The maximum Gasteiger partial charge on any atom is 0.316 e. The second-order valence-corrected chi connectivity index (χ2v) is 9.24. The molecule has 2 aromatic rings. The smallest absolute Gasteiger partial charge is 0.316 e. The van der Waals surface area contributed by atoms with Gasteiger partial charge in [0.25, 0.3) is 0 Å². The largest absolute Gasteiger partial charge is 0.481 e. The summed E-state index contributed by atoms with van der Waals surface area (Å²) in [7, 11) is 0. The van der Waals surface area contributed by atoms with Crippen molar-refractivity contribution in [3.63, 3.8) is 0 Å². The van der Waals surface area contributed by atoms with Crippen LogP contribution in [0, 0.1) is 5.92 Å². The maximum atomic E-state index is 11.4. The van der Waals surface area contributed by atoms with Crippen molar-refractivity contribution in [1.29, 1.82) is 0 Å². The Morgan fingerprint density at radius 1 is 1.21 bits per heavy atom. The van der Waals surface area contributed by atoms with Crippen LogP contribution in [0.2, 0.25) is 0 Å². The van der Waals surface area contributed by atoms with Crippen molar-refractivity contribution in [1.82, 2.24) is 9.97 Å². The van der Waals surface area contributed by atoms with E-state index in [1.165, 1.54) is 12.8 Å². The molecule has 34 heavy (non-hydrogen) atoms. The predicted molar refractivity (Wildman–Crippen MR) is 132 cm³/mol. The van der Waals surface area contributed by atoms with Gasteiger partial charge in [-0.3, -0.25) is 4.79 Å². The fraction of sp³-hybridized carbons (Fsp3) is 0.577. The van der Waals surface area contributed by atoms with Crippen LogP contribution in [0.1, 0.15) is 63.9 Å². The molecule has 2 aliphatic rings. The first-order valence-corrected chi connectivity index (χ1v) is 12.5. The van der Waals surface area contributed by atoms with E-state index in [9.17, 15) is 9.90 Å². The van der Waals surface area contributed by atoms with Gasteiger partial charge in [-0.15, -0.1) is 0 Å². The molecule has 1 aromatic heterocycles.